The van der Waals surface area contributed by atoms with Crippen LogP contribution in [0.25, 0.3) is 76.6 Å². The first-order chi connectivity index (χ1) is 22.5. The Kier molecular flexibility index (Phi) is 6.02. The van der Waals surface area contributed by atoms with E-state index in [1.165, 1.54) is 53.6 Å². The molecule has 9 rings (SSSR count). The van der Waals surface area contributed by atoms with Crippen LogP contribution in [0.5, 0.6) is 0 Å². The van der Waals surface area contributed by atoms with Crippen LogP contribution in [0.3, 0.4) is 0 Å². The van der Waals surface area contributed by atoms with Crippen molar-refractivity contribution in [3.05, 3.63) is 151 Å². The van der Waals surface area contributed by atoms with Crippen LogP contribution in [-0.4, -0.2) is 15.0 Å². The summed E-state index contributed by atoms with van der Waals surface area (Å²) in [7, 11) is 0. The van der Waals surface area contributed by atoms with Gasteiger partial charge in [-0.15, -0.1) is 11.3 Å². The fraction of sp³-hybridized carbons (Fsp3) is 0.0714. The molecule has 0 saturated heterocycles. The van der Waals surface area contributed by atoms with Crippen LogP contribution in [0.4, 0.5) is 0 Å². The molecule has 1 aliphatic rings. The number of fused-ring (bicyclic) bond motifs is 6. The van der Waals surface area contributed by atoms with E-state index in [0.717, 1.165) is 16.7 Å². The fourth-order valence-corrected chi connectivity index (χ4v) is 8.19. The Bertz CT molecular complexity index is 2440. The molecule has 8 aromatic rings. The Morgan fingerprint density at radius 2 is 1.02 bits per heavy atom. The van der Waals surface area contributed by atoms with Gasteiger partial charge in [-0.1, -0.05) is 135 Å². The van der Waals surface area contributed by atoms with Crippen molar-refractivity contribution < 1.29 is 0 Å². The molecule has 2 aromatic heterocycles. The quantitative estimate of drug-likeness (QED) is 0.200. The smallest absolute Gasteiger partial charge is 0.164 e. The first-order valence-electron chi connectivity index (χ1n) is 15.6. The van der Waals surface area contributed by atoms with Crippen LogP contribution in [0.15, 0.2) is 140 Å². The molecule has 0 unspecified atom stereocenters. The van der Waals surface area contributed by atoms with Crippen molar-refractivity contribution >= 4 is 31.5 Å². The van der Waals surface area contributed by atoms with Gasteiger partial charge in [-0.2, -0.15) is 0 Å². The van der Waals surface area contributed by atoms with Gasteiger partial charge in [0.25, 0.3) is 0 Å². The molecule has 0 N–H and O–H groups in total. The minimum Gasteiger partial charge on any atom is -0.208 e. The topological polar surface area (TPSA) is 38.7 Å². The maximum Gasteiger partial charge on any atom is 0.164 e. The molecule has 218 valence electrons. The molecule has 0 amide bonds. The summed E-state index contributed by atoms with van der Waals surface area (Å²) in [6.45, 7) is 4.61. The molecule has 4 heteroatoms. The van der Waals surface area contributed by atoms with E-state index in [0.29, 0.717) is 17.5 Å². The minimum atomic E-state index is -0.106. The van der Waals surface area contributed by atoms with E-state index in [-0.39, 0.29) is 5.41 Å². The largest absolute Gasteiger partial charge is 0.208 e. The van der Waals surface area contributed by atoms with Gasteiger partial charge in [0.2, 0.25) is 0 Å². The molecule has 6 aromatic carbocycles. The second-order valence-corrected chi connectivity index (χ2v) is 13.5. The SMILES string of the molecule is CC1(C)c2ccccc2-c2ccc(-c3nc(-c4ccccc4)nc(-c4ccc5c(c4)sc4cccc(-c6ccccc6)c45)n3)cc21. The molecule has 3 nitrogen and oxygen atoms in total. The van der Waals surface area contributed by atoms with Gasteiger partial charge in [-0.3, -0.25) is 0 Å². The van der Waals surface area contributed by atoms with Crippen LogP contribution < -0.4 is 0 Å². The van der Waals surface area contributed by atoms with E-state index in [2.05, 4.69) is 135 Å². The molecule has 0 saturated carbocycles. The summed E-state index contributed by atoms with van der Waals surface area (Å²) in [5.74, 6) is 2.03. The molecule has 46 heavy (non-hydrogen) atoms. The summed E-state index contributed by atoms with van der Waals surface area (Å²) in [5.41, 5.74) is 10.6. The lowest BCUT2D eigenvalue weighted by atomic mass is 9.82. The summed E-state index contributed by atoms with van der Waals surface area (Å²) in [4.78, 5) is 15.2. The lowest BCUT2D eigenvalue weighted by Crippen LogP contribution is -2.15. The number of aromatic nitrogens is 3. The molecular weight excluding hydrogens is 579 g/mol. The average Bonchev–Trinajstić information content (AvgIpc) is 3.60. The molecule has 0 spiro atoms. The summed E-state index contributed by atoms with van der Waals surface area (Å²) < 4.78 is 2.49. The Hall–Kier alpha value is -5.45. The standard InChI is InChI=1S/C42H29N3S/c1-42(2)34-18-10-9-16-31(34)32-22-20-28(24-35(32)42)40-43-39(27-14-7-4-8-15-27)44-41(45-40)29-21-23-33-37(25-29)46-36-19-11-17-30(38(33)36)26-12-5-3-6-13-26/h3-25H,1-2H3. The number of benzene rings is 6. The monoisotopic (exact) mass is 607 g/mol. The first kappa shape index (κ1) is 26.9. The van der Waals surface area contributed by atoms with E-state index in [9.17, 15) is 0 Å². The van der Waals surface area contributed by atoms with Crippen LogP contribution in [-0.2, 0) is 5.41 Å². The van der Waals surface area contributed by atoms with Crippen molar-refractivity contribution in [2.45, 2.75) is 19.3 Å². The highest BCUT2D eigenvalue weighted by Crippen LogP contribution is 2.49. The van der Waals surface area contributed by atoms with Crippen molar-refractivity contribution in [3.63, 3.8) is 0 Å². The van der Waals surface area contributed by atoms with Crippen LogP contribution in [0, 0.1) is 0 Å². The van der Waals surface area contributed by atoms with Gasteiger partial charge >= 0.3 is 0 Å². The zero-order chi connectivity index (χ0) is 30.8. The van der Waals surface area contributed by atoms with Crippen molar-refractivity contribution in [3.8, 4) is 56.4 Å². The highest BCUT2D eigenvalue weighted by Gasteiger charge is 2.35. The molecule has 0 aliphatic heterocycles. The lowest BCUT2D eigenvalue weighted by molar-refractivity contribution is 0.660. The summed E-state index contributed by atoms with van der Waals surface area (Å²) >= 11 is 1.82. The summed E-state index contributed by atoms with van der Waals surface area (Å²) in [5, 5.41) is 2.55. The van der Waals surface area contributed by atoms with E-state index >= 15 is 0 Å². The second-order valence-electron chi connectivity index (χ2n) is 12.5. The third kappa shape index (κ3) is 4.22. The van der Waals surface area contributed by atoms with Gasteiger partial charge in [0.1, 0.15) is 0 Å². The Morgan fingerprint density at radius 3 is 1.78 bits per heavy atom. The van der Waals surface area contributed by atoms with E-state index in [1.807, 2.05) is 29.5 Å². The minimum absolute atomic E-state index is 0.106. The van der Waals surface area contributed by atoms with E-state index in [1.54, 1.807) is 0 Å². The summed E-state index contributed by atoms with van der Waals surface area (Å²) in [6, 6.07) is 49.5. The Labute approximate surface area is 271 Å². The number of hydrogen-bond acceptors (Lipinski definition) is 4. The molecule has 0 radical (unpaired) electrons. The van der Waals surface area contributed by atoms with Gasteiger partial charge in [0.15, 0.2) is 17.5 Å². The predicted octanol–water partition coefficient (Wildman–Crippen LogP) is 11.2. The zero-order valence-electron chi connectivity index (χ0n) is 25.5. The van der Waals surface area contributed by atoms with Crippen molar-refractivity contribution in [2.24, 2.45) is 0 Å². The first-order valence-corrected chi connectivity index (χ1v) is 16.4. The lowest BCUT2D eigenvalue weighted by Gasteiger charge is -2.21. The molecule has 0 atom stereocenters. The van der Waals surface area contributed by atoms with Gasteiger partial charge in [-0.25, -0.2) is 15.0 Å². The third-order valence-electron chi connectivity index (χ3n) is 9.35. The molecular formula is C42H29N3S. The van der Waals surface area contributed by atoms with Gasteiger partial charge in [0.05, 0.1) is 0 Å². The number of rotatable bonds is 4. The van der Waals surface area contributed by atoms with Gasteiger partial charge in [0, 0.05) is 42.3 Å². The highest BCUT2D eigenvalue weighted by molar-refractivity contribution is 7.26. The number of nitrogens with zero attached hydrogens (tertiary/aromatic N) is 3. The van der Waals surface area contributed by atoms with Crippen molar-refractivity contribution in [1.29, 1.82) is 0 Å². The normalized spacial score (nSPS) is 13.2. The van der Waals surface area contributed by atoms with Gasteiger partial charge in [-0.05, 0) is 51.6 Å². The van der Waals surface area contributed by atoms with Crippen LogP contribution >= 0.6 is 11.3 Å². The average molecular weight is 608 g/mol. The Morgan fingerprint density at radius 1 is 0.435 bits per heavy atom. The zero-order valence-corrected chi connectivity index (χ0v) is 26.3. The van der Waals surface area contributed by atoms with Crippen molar-refractivity contribution in [1.82, 2.24) is 15.0 Å². The fourth-order valence-electron chi connectivity index (χ4n) is 7.02. The molecule has 2 heterocycles. The predicted molar refractivity (Wildman–Crippen MR) is 192 cm³/mol. The maximum absolute atomic E-state index is 5.13. The third-order valence-corrected chi connectivity index (χ3v) is 10.5. The Balaban J connectivity index is 1.21. The number of thiophene rings is 1. The highest BCUT2D eigenvalue weighted by atomic mass is 32.1. The maximum atomic E-state index is 5.13. The van der Waals surface area contributed by atoms with Crippen LogP contribution in [0.1, 0.15) is 25.0 Å². The summed E-state index contributed by atoms with van der Waals surface area (Å²) in [6.07, 6.45) is 0. The molecule has 1 aliphatic carbocycles. The van der Waals surface area contributed by atoms with Gasteiger partial charge < -0.3 is 0 Å². The van der Waals surface area contributed by atoms with Crippen LogP contribution in [0.2, 0.25) is 0 Å². The van der Waals surface area contributed by atoms with E-state index < -0.39 is 0 Å². The van der Waals surface area contributed by atoms with Crippen molar-refractivity contribution in [2.75, 3.05) is 0 Å². The second kappa shape index (κ2) is 10.3. The number of hydrogen-bond donors (Lipinski definition) is 0. The molecule has 0 fully saturated rings. The molecule has 0 bridgehead atoms. The van der Waals surface area contributed by atoms with E-state index in [4.69, 9.17) is 15.0 Å².